The third-order valence-electron chi connectivity index (χ3n) is 6.55. The van der Waals surface area contributed by atoms with Crippen molar-refractivity contribution in [3.8, 4) is 0 Å². The number of nitrogens with two attached hydrogens (primary N) is 1. The maximum Gasteiger partial charge on any atom is 0.236 e. The van der Waals surface area contributed by atoms with Crippen LogP contribution in [-0.4, -0.2) is 48.5 Å². The maximum absolute atomic E-state index is 13.4. The number of hydrogen-bond donors (Lipinski definition) is 3. The van der Waals surface area contributed by atoms with Crippen LogP contribution in [-0.2, 0) is 4.79 Å². The third kappa shape index (κ3) is 5.29. The lowest BCUT2D eigenvalue weighted by molar-refractivity contribution is -0.129. The van der Waals surface area contributed by atoms with Gasteiger partial charge in [-0.3, -0.25) is 14.6 Å². The highest BCUT2D eigenvalue weighted by atomic mass is 35.5. The number of aromatic nitrogens is 1. The average Bonchev–Trinajstić information content (AvgIpc) is 2.93. The van der Waals surface area contributed by atoms with E-state index in [9.17, 15) is 9.59 Å². The number of anilines is 2. The molecule has 0 bridgehead atoms. The molecule has 194 valence electrons. The normalized spacial score (nSPS) is 11.2. The Balaban J connectivity index is 1.29. The average molecular weight is 546 g/mol. The summed E-state index contributed by atoms with van der Waals surface area (Å²) in [6.07, 6.45) is 1.73. The zero-order chi connectivity index (χ0) is 26.6. The zero-order valence-corrected chi connectivity index (χ0v) is 22.5. The van der Waals surface area contributed by atoms with Gasteiger partial charge in [0.1, 0.15) is 0 Å². The summed E-state index contributed by atoms with van der Waals surface area (Å²) in [7, 11) is 0. The first kappa shape index (κ1) is 25.9. The Morgan fingerprint density at radius 2 is 1.76 bits per heavy atom. The molecular formula is C29H28ClN5O2S. The Labute approximate surface area is 229 Å². The number of amides is 1. The topological polar surface area (TPSA) is 100 Å². The fourth-order valence-corrected chi connectivity index (χ4v) is 5.93. The Bertz CT molecular complexity index is 1700. The molecule has 0 radical (unpaired) electrons. The number of fused-ring (bicyclic) bond motifs is 3. The molecule has 0 saturated heterocycles. The van der Waals surface area contributed by atoms with Gasteiger partial charge in [-0.05, 0) is 55.0 Å². The fourth-order valence-electron chi connectivity index (χ4n) is 4.60. The largest absolute Gasteiger partial charge is 0.383 e. The van der Waals surface area contributed by atoms with Crippen molar-refractivity contribution in [2.75, 3.05) is 43.4 Å². The number of pyridine rings is 1. The number of rotatable bonds is 9. The molecule has 0 aliphatic rings. The Kier molecular flexibility index (Phi) is 7.74. The van der Waals surface area contributed by atoms with Crippen molar-refractivity contribution in [1.82, 2.24) is 9.88 Å². The molecule has 1 amide bonds. The number of carbonyl (C=O) groups is 1. The Morgan fingerprint density at radius 1 is 1.00 bits per heavy atom. The Hall–Kier alpha value is -3.72. The van der Waals surface area contributed by atoms with Crippen molar-refractivity contribution < 1.29 is 4.79 Å². The van der Waals surface area contributed by atoms with Crippen LogP contribution in [0.3, 0.4) is 0 Å². The molecule has 0 saturated carbocycles. The van der Waals surface area contributed by atoms with Crippen molar-refractivity contribution in [2.24, 2.45) is 5.73 Å². The molecule has 0 aliphatic carbocycles. The van der Waals surface area contributed by atoms with Gasteiger partial charge in [-0.15, -0.1) is 11.3 Å². The summed E-state index contributed by atoms with van der Waals surface area (Å²) < 4.78 is 1.95. The van der Waals surface area contributed by atoms with Crippen molar-refractivity contribution in [1.29, 1.82) is 0 Å². The first-order chi connectivity index (χ1) is 18.5. The molecule has 0 spiro atoms. The van der Waals surface area contributed by atoms with Crippen molar-refractivity contribution in [3.05, 3.63) is 87.7 Å². The minimum atomic E-state index is -0.133. The number of aryl methyl sites for hydroxylation is 1. The monoisotopic (exact) mass is 545 g/mol. The fraction of sp³-hybridized carbons (Fsp3) is 0.207. The van der Waals surface area contributed by atoms with Gasteiger partial charge < -0.3 is 21.3 Å². The number of nitrogens with zero attached hydrogens (tertiary/aromatic N) is 2. The van der Waals surface area contributed by atoms with E-state index in [2.05, 4.69) is 15.6 Å². The van der Waals surface area contributed by atoms with Gasteiger partial charge >= 0.3 is 0 Å². The molecule has 0 aliphatic heterocycles. The smallest absolute Gasteiger partial charge is 0.236 e. The van der Waals surface area contributed by atoms with E-state index >= 15 is 0 Å². The van der Waals surface area contributed by atoms with E-state index in [0.29, 0.717) is 36.6 Å². The lowest BCUT2D eigenvalue weighted by atomic mass is 10.1. The second-order valence-electron chi connectivity index (χ2n) is 9.02. The minimum absolute atomic E-state index is 0.0190. The highest BCUT2D eigenvalue weighted by molar-refractivity contribution is 7.24. The van der Waals surface area contributed by atoms with Gasteiger partial charge in [0.05, 0.1) is 17.4 Å². The molecule has 5 aromatic rings. The molecule has 4 N–H and O–H groups in total. The van der Waals surface area contributed by atoms with Gasteiger partial charge in [0, 0.05) is 68.9 Å². The molecule has 9 heteroatoms. The zero-order valence-electron chi connectivity index (χ0n) is 21.0. The molecular weight excluding hydrogens is 518 g/mol. The number of hydrogen-bond acceptors (Lipinski definition) is 7. The van der Waals surface area contributed by atoms with Crippen LogP contribution in [0.2, 0.25) is 5.02 Å². The first-order valence-corrected chi connectivity index (χ1v) is 13.6. The Morgan fingerprint density at radius 3 is 2.55 bits per heavy atom. The second-order valence-corrected chi connectivity index (χ2v) is 10.5. The summed E-state index contributed by atoms with van der Waals surface area (Å²) >= 11 is 7.72. The van der Waals surface area contributed by atoms with Crippen LogP contribution in [0.25, 0.3) is 31.1 Å². The van der Waals surface area contributed by atoms with E-state index in [1.165, 1.54) is 0 Å². The maximum atomic E-state index is 13.4. The van der Waals surface area contributed by atoms with Gasteiger partial charge in [0.15, 0.2) is 5.43 Å². The van der Waals surface area contributed by atoms with E-state index in [-0.39, 0.29) is 17.9 Å². The van der Waals surface area contributed by atoms with E-state index in [1.807, 2.05) is 67.6 Å². The van der Waals surface area contributed by atoms with E-state index in [0.717, 1.165) is 42.6 Å². The van der Waals surface area contributed by atoms with Gasteiger partial charge in [-0.2, -0.15) is 0 Å². The van der Waals surface area contributed by atoms with Gasteiger partial charge in [0.2, 0.25) is 5.91 Å². The third-order valence-corrected chi connectivity index (χ3v) is 8.09. The molecule has 38 heavy (non-hydrogen) atoms. The molecule has 0 atom stereocenters. The van der Waals surface area contributed by atoms with E-state index < -0.39 is 0 Å². The SMILES string of the molecule is Cc1ccc(NCCN(CCNc2ccnc3cc(Cl)ccc23)C(=O)CN)c2c(=O)c3ccccc3sc12. The number of nitrogens with one attached hydrogen (secondary N) is 2. The lowest BCUT2D eigenvalue weighted by Gasteiger charge is -2.23. The quantitative estimate of drug-likeness (QED) is 0.219. The van der Waals surface area contributed by atoms with Crippen LogP contribution in [0.5, 0.6) is 0 Å². The van der Waals surface area contributed by atoms with Gasteiger partial charge in [-0.25, -0.2) is 0 Å². The van der Waals surface area contributed by atoms with Crippen LogP contribution in [0.1, 0.15) is 5.56 Å². The second kappa shape index (κ2) is 11.3. The summed E-state index contributed by atoms with van der Waals surface area (Å²) in [5, 5.41) is 9.80. The van der Waals surface area contributed by atoms with Crippen molar-refractivity contribution in [2.45, 2.75) is 6.92 Å². The van der Waals surface area contributed by atoms with Crippen molar-refractivity contribution >= 4 is 71.3 Å². The predicted octanol–water partition coefficient (Wildman–Crippen LogP) is 5.24. The molecule has 0 unspecified atom stereocenters. The van der Waals surface area contributed by atoms with Gasteiger partial charge in [-0.1, -0.05) is 29.8 Å². The molecule has 0 fully saturated rings. The van der Waals surface area contributed by atoms with Crippen molar-refractivity contribution in [3.63, 3.8) is 0 Å². The summed E-state index contributed by atoms with van der Waals surface area (Å²) in [5.41, 5.74) is 9.29. The van der Waals surface area contributed by atoms with E-state index in [1.54, 1.807) is 22.4 Å². The number of halogens is 1. The van der Waals surface area contributed by atoms with Crippen LogP contribution in [0.15, 0.2) is 71.7 Å². The summed E-state index contributed by atoms with van der Waals surface area (Å²) in [4.78, 5) is 32.0. The highest BCUT2D eigenvalue weighted by Gasteiger charge is 2.14. The molecule has 7 nitrogen and oxygen atoms in total. The van der Waals surface area contributed by atoms with Crippen LogP contribution in [0, 0.1) is 6.92 Å². The minimum Gasteiger partial charge on any atom is -0.383 e. The first-order valence-electron chi connectivity index (χ1n) is 12.4. The number of carbonyl (C=O) groups excluding carboxylic acids is 1. The van der Waals surface area contributed by atoms with Crippen LogP contribution < -0.4 is 21.8 Å². The predicted molar refractivity (Wildman–Crippen MR) is 160 cm³/mol. The van der Waals surface area contributed by atoms with Crippen LogP contribution >= 0.6 is 22.9 Å². The molecule has 5 rings (SSSR count). The summed E-state index contributed by atoms with van der Waals surface area (Å²) in [6, 6.07) is 19.1. The van der Waals surface area contributed by atoms with Crippen LogP contribution in [0.4, 0.5) is 11.4 Å². The summed E-state index contributed by atoms with van der Waals surface area (Å²) in [5.74, 6) is -0.133. The standard InChI is InChI=1S/C29H28ClN5O2S/c1-18-6-9-23(27-28(37)21-4-2-3-5-25(21)38-29(18)27)34-13-15-35(26(36)17-31)14-12-33-22-10-11-32-24-16-19(30)7-8-20(22)24/h2-11,16,34H,12-15,17,31H2,1H3,(H,32,33). The molecule has 3 aromatic carbocycles. The highest BCUT2D eigenvalue weighted by Crippen LogP contribution is 2.31. The number of benzene rings is 3. The molecule has 2 aromatic heterocycles. The lowest BCUT2D eigenvalue weighted by Crippen LogP contribution is -2.41. The summed E-state index contributed by atoms with van der Waals surface area (Å²) in [6.45, 7) is 3.90. The van der Waals surface area contributed by atoms with E-state index in [4.69, 9.17) is 17.3 Å². The van der Waals surface area contributed by atoms with Gasteiger partial charge in [0.25, 0.3) is 0 Å². The molecule has 2 heterocycles.